The lowest BCUT2D eigenvalue weighted by molar-refractivity contribution is -0.146. The zero-order chi connectivity index (χ0) is 17.3. The Morgan fingerprint density at radius 1 is 1.25 bits per heavy atom. The van der Waals surface area contributed by atoms with Crippen molar-refractivity contribution in [3.8, 4) is 0 Å². The molecule has 2 aromatic rings. The quantitative estimate of drug-likeness (QED) is 0.801. The van der Waals surface area contributed by atoms with Gasteiger partial charge < -0.3 is 14.4 Å². The molecule has 1 aromatic carbocycles. The molecular weight excluding hydrogens is 326 g/mol. The maximum absolute atomic E-state index is 12.3. The number of hydrogen-bond donors (Lipinski definition) is 0. The Bertz CT molecular complexity index is 759. The number of carbonyl (C=O) groups excluding carboxylic acids is 2. The van der Waals surface area contributed by atoms with Gasteiger partial charge in [0.2, 0.25) is 0 Å². The van der Waals surface area contributed by atoms with Gasteiger partial charge in [0, 0.05) is 17.8 Å². The van der Waals surface area contributed by atoms with Crippen LogP contribution < -0.4 is 0 Å². The van der Waals surface area contributed by atoms with E-state index >= 15 is 0 Å². The summed E-state index contributed by atoms with van der Waals surface area (Å²) in [6, 6.07) is 7.85. The van der Waals surface area contributed by atoms with Crippen LogP contribution in [-0.4, -0.2) is 48.7 Å². The van der Waals surface area contributed by atoms with E-state index in [9.17, 15) is 9.59 Å². The fourth-order valence-corrected chi connectivity index (χ4v) is 4.14. The Kier molecular flexibility index (Phi) is 4.87. The zero-order valence-corrected chi connectivity index (χ0v) is 14.9. The van der Waals surface area contributed by atoms with Crippen molar-refractivity contribution >= 4 is 33.3 Å². The van der Waals surface area contributed by atoms with Crippen LogP contribution in [0.5, 0.6) is 0 Å². The molecule has 0 unspecified atom stereocenters. The average molecular weight is 347 g/mol. The number of nitrogens with zero attached hydrogens (tertiary/aromatic N) is 1. The Balaban J connectivity index is 1.64. The number of hydrogen-bond acceptors (Lipinski definition) is 5. The molecule has 128 valence electrons. The highest BCUT2D eigenvalue weighted by Crippen LogP contribution is 2.30. The number of rotatable bonds is 3. The van der Waals surface area contributed by atoms with Crippen LogP contribution in [0.25, 0.3) is 10.1 Å². The fraction of sp³-hybridized carbons (Fsp3) is 0.444. The number of thiophene rings is 1. The number of fused-ring (bicyclic) bond motifs is 1. The first-order valence-corrected chi connectivity index (χ1v) is 8.86. The van der Waals surface area contributed by atoms with Crippen molar-refractivity contribution in [3.05, 3.63) is 34.7 Å². The Morgan fingerprint density at radius 3 is 2.58 bits per heavy atom. The zero-order valence-electron chi connectivity index (χ0n) is 14.1. The second kappa shape index (κ2) is 6.91. The molecule has 0 N–H and O–H groups in total. The highest BCUT2D eigenvalue weighted by atomic mass is 32.1. The number of ether oxygens (including phenoxy) is 2. The third-order valence-corrected chi connectivity index (χ3v) is 5.38. The van der Waals surface area contributed by atoms with E-state index in [0.29, 0.717) is 18.0 Å². The molecule has 2 heterocycles. The molecule has 2 atom stereocenters. The van der Waals surface area contributed by atoms with Crippen LogP contribution >= 0.6 is 11.3 Å². The van der Waals surface area contributed by atoms with Gasteiger partial charge in [0.25, 0.3) is 5.91 Å². The first kappa shape index (κ1) is 16.9. The molecule has 0 bridgehead atoms. The number of morpholine rings is 1. The number of carbonyl (C=O) groups is 2. The van der Waals surface area contributed by atoms with Crippen LogP contribution in [-0.2, 0) is 14.3 Å². The summed E-state index contributed by atoms with van der Waals surface area (Å²) >= 11 is 1.40. The highest BCUT2D eigenvalue weighted by molar-refractivity contribution is 7.21. The lowest BCUT2D eigenvalue weighted by atomic mass is 10.1. The summed E-state index contributed by atoms with van der Waals surface area (Å²) in [7, 11) is 0. The smallest absolute Gasteiger partial charge is 0.349 e. The van der Waals surface area contributed by atoms with Gasteiger partial charge in [-0.05, 0) is 37.8 Å². The third-order valence-electron chi connectivity index (χ3n) is 4.13. The average Bonchev–Trinajstić information content (AvgIpc) is 2.89. The minimum atomic E-state index is -0.434. The van der Waals surface area contributed by atoms with Gasteiger partial charge in [0.05, 0.1) is 12.2 Å². The largest absolute Gasteiger partial charge is 0.451 e. The second-order valence-electron chi connectivity index (χ2n) is 6.18. The minimum absolute atomic E-state index is 0.00163. The SMILES string of the molecule is Cc1c(C(=O)OCC(=O)N2C[C@@H](C)O[C@@H](C)C2)sc2ccccc12. The van der Waals surface area contributed by atoms with Gasteiger partial charge in [-0.1, -0.05) is 18.2 Å². The molecule has 1 aliphatic heterocycles. The Hall–Kier alpha value is -1.92. The topological polar surface area (TPSA) is 55.8 Å². The molecule has 5 nitrogen and oxygen atoms in total. The Morgan fingerprint density at radius 2 is 1.92 bits per heavy atom. The van der Waals surface area contributed by atoms with Gasteiger partial charge in [0.1, 0.15) is 4.88 Å². The van der Waals surface area contributed by atoms with Crippen molar-refractivity contribution in [2.24, 2.45) is 0 Å². The summed E-state index contributed by atoms with van der Waals surface area (Å²) in [4.78, 5) is 26.9. The molecule has 24 heavy (non-hydrogen) atoms. The van der Waals surface area contributed by atoms with Crippen LogP contribution in [0.2, 0.25) is 0 Å². The molecule has 0 saturated carbocycles. The number of benzene rings is 1. The van der Waals surface area contributed by atoms with Crippen LogP contribution in [0.4, 0.5) is 0 Å². The van der Waals surface area contributed by atoms with Gasteiger partial charge in [0.15, 0.2) is 6.61 Å². The molecule has 6 heteroatoms. The van der Waals surface area contributed by atoms with Crippen LogP contribution in [0.1, 0.15) is 29.1 Å². The summed E-state index contributed by atoms with van der Waals surface area (Å²) in [5, 5.41) is 1.05. The van der Waals surface area contributed by atoms with Gasteiger partial charge in [-0.3, -0.25) is 4.79 Å². The van der Waals surface area contributed by atoms with Gasteiger partial charge >= 0.3 is 5.97 Å². The second-order valence-corrected chi connectivity index (χ2v) is 7.24. The molecule has 1 aromatic heterocycles. The summed E-state index contributed by atoms with van der Waals surface area (Å²) in [6.07, 6.45) is -0.00326. The van der Waals surface area contributed by atoms with Gasteiger partial charge in [-0.25, -0.2) is 4.79 Å². The maximum atomic E-state index is 12.3. The van der Waals surface area contributed by atoms with Gasteiger partial charge in [-0.15, -0.1) is 11.3 Å². The number of amides is 1. The molecule has 1 amide bonds. The van der Waals surface area contributed by atoms with Crippen LogP contribution in [0, 0.1) is 6.92 Å². The lowest BCUT2D eigenvalue weighted by Gasteiger charge is -2.35. The van der Waals surface area contributed by atoms with E-state index in [0.717, 1.165) is 15.6 Å². The molecule has 3 rings (SSSR count). The van der Waals surface area contributed by atoms with Gasteiger partial charge in [-0.2, -0.15) is 0 Å². The maximum Gasteiger partial charge on any atom is 0.349 e. The molecule has 0 spiro atoms. The summed E-state index contributed by atoms with van der Waals surface area (Å²) < 4.78 is 11.9. The van der Waals surface area contributed by atoms with E-state index in [2.05, 4.69) is 0 Å². The standard InChI is InChI=1S/C18H21NO4S/c1-11-8-19(9-12(2)23-11)16(20)10-22-18(21)17-13(3)14-6-4-5-7-15(14)24-17/h4-7,11-12H,8-10H2,1-3H3/t11-,12+. The monoisotopic (exact) mass is 347 g/mol. The normalized spacial score (nSPS) is 21.0. The van der Waals surface area contributed by atoms with E-state index in [4.69, 9.17) is 9.47 Å². The van der Waals surface area contributed by atoms with Crippen LogP contribution in [0.3, 0.4) is 0 Å². The molecule has 1 saturated heterocycles. The summed E-state index contributed by atoms with van der Waals surface area (Å²) in [5.74, 6) is -0.611. The van der Waals surface area contributed by atoms with E-state index in [-0.39, 0.29) is 24.7 Å². The van der Waals surface area contributed by atoms with Crippen molar-refractivity contribution in [2.75, 3.05) is 19.7 Å². The van der Waals surface area contributed by atoms with Crippen molar-refractivity contribution in [2.45, 2.75) is 33.0 Å². The lowest BCUT2D eigenvalue weighted by Crippen LogP contribution is -2.49. The van der Waals surface area contributed by atoms with E-state index in [1.165, 1.54) is 11.3 Å². The Labute approximate surface area is 145 Å². The minimum Gasteiger partial charge on any atom is -0.451 e. The third kappa shape index (κ3) is 3.44. The number of aryl methyl sites for hydroxylation is 1. The van der Waals surface area contributed by atoms with Crippen molar-refractivity contribution in [1.29, 1.82) is 0 Å². The summed E-state index contributed by atoms with van der Waals surface area (Å²) in [5.41, 5.74) is 0.904. The van der Waals surface area contributed by atoms with Crippen molar-refractivity contribution in [1.82, 2.24) is 4.90 Å². The van der Waals surface area contributed by atoms with E-state index in [1.54, 1.807) is 4.90 Å². The predicted octanol–water partition coefficient (Wildman–Crippen LogP) is 3.00. The molecule has 0 radical (unpaired) electrons. The van der Waals surface area contributed by atoms with Crippen molar-refractivity contribution < 1.29 is 19.1 Å². The fourth-order valence-electron chi connectivity index (χ4n) is 3.03. The molecular formula is C18H21NO4S. The van der Waals surface area contributed by atoms with Crippen LogP contribution in [0.15, 0.2) is 24.3 Å². The molecule has 1 fully saturated rings. The van der Waals surface area contributed by atoms with E-state index in [1.807, 2.05) is 45.0 Å². The first-order chi connectivity index (χ1) is 11.5. The first-order valence-electron chi connectivity index (χ1n) is 8.04. The molecule has 0 aliphatic carbocycles. The molecule has 1 aliphatic rings. The van der Waals surface area contributed by atoms with E-state index < -0.39 is 5.97 Å². The number of esters is 1. The summed E-state index contributed by atoms with van der Waals surface area (Å²) in [6.45, 7) is 6.60. The predicted molar refractivity (Wildman–Crippen MR) is 93.4 cm³/mol. The van der Waals surface area contributed by atoms with Crippen molar-refractivity contribution in [3.63, 3.8) is 0 Å². The highest BCUT2D eigenvalue weighted by Gasteiger charge is 2.27.